The summed E-state index contributed by atoms with van der Waals surface area (Å²) in [5.41, 5.74) is 0.359. The molecule has 0 unspecified atom stereocenters. The quantitative estimate of drug-likeness (QED) is 0.738. The molecule has 23 heavy (non-hydrogen) atoms. The summed E-state index contributed by atoms with van der Waals surface area (Å²) in [5.74, 6) is -2.32. The minimum Gasteiger partial charge on any atom is -0.481 e. The maximum absolute atomic E-state index is 12.6. The van der Waals surface area contributed by atoms with Gasteiger partial charge in [-0.3, -0.25) is 4.79 Å². The number of anilines is 1. The second-order valence-electron chi connectivity index (χ2n) is 4.69. The number of halogens is 2. The van der Waals surface area contributed by atoms with E-state index in [4.69, 9.17) is 4.74 Å². The number of alkyl halides is 2. The predicted octanol–water partition coefficient (Wildman–Crippen LogP) is 4.80. The third kappa shape index (κ3) is 5.25. The van der Waals surface area contributed by atoms with Gasteiger partial charge in [-0.2, -0.15) is 8.78 Å². The number of para-hydroxylation sites is 2. The average molecular weight is 337 g/mol. The van der Waals surface area contributed by atoms with Crippen LogP contribution in [0.1, 0.15) is 13.3 Å². The Morgan fingerprint density at radius 1 is 1.13 bits per heavy atom. The molecule has 0 saturated carbocycles. The first-order valence-electron chi connectivity index (χ1n) is 7.16. The molecule has 1 atom stereocenters. The Hall–Kier alpha value is -2.08. The van der Waals surface area contributed by atoms with E-state index in [0.717, 1.165) is 0 Å². The van der Waals surface area contributed by atoms with Crippen molar-refractivity contribution in [1.29, 1.82) is 0 Å². The van der Waals surface area contributed by atoms with Crippen molar-refractivity contribution in [2.24, 2.45) is 0 Å². The van der Waals surface area contributed by atoms with Gasteiger partial charge in [-0.1, -0.05) is 49.0 Å². The highest BCUT2D eigenvalue weighted by Gasteiger charge is 2.20. The van der Waals surface area contributed by atoms with Crippen molar-refractivity contribution in [3.05, 3.63) is 54.6 Å². The van der Waals surface area contributed by atoms with Gasteiger partial charge in [0.25, 0.3) is 11.7 Å². The second kappa shape index (κ2) is 8.53. The summed E-state index contributed by atoms with van der Waals surface area (Å²) < 4.78 is 30.8. The van der Waals surface area contributed by atoms with Gasteiger partial charge in [0.2, 0.25) is 0 Å². The number of hydrogen-bond donors (Lipinski definition) is 1. The Morgan fingerprint density at radius 3 is 2.43 bits per heavy atom. The third-order valence-electron chi connectivity index (χ3n) is 3.05. The molecule has 1 amide bonds. The van der Waals surface area contributed by atoms with Crippen molar-refractivity contribution >= 4 is 23.4 Å². The lowest BCUT2D eigenvalue weighted by atomic mass is 10.2. The van der Waals surface area contributed by atoms with E-state index in [0.29, 0.717) is 34.5 Å². The molecule has 0 bridgehead atoms. The van der Waals surface area contributed by atoms with Crippen LogP contribution in [0.5, 0.6) is 5.75 Å². The normalized spacial score (nSPS) is 12.0. The van der Waals surface area contributed by atoms with Gasteiger partial charge >= 0.3 is 0 Å². The third-order valence-corrected chi connectivity index (χ3v) is 3.83. The summed E-state index contributed by atoms with van der Waals surface area (Å²) in [7, 11) is 0. The predicted molar refractivity (Wildman–Crippen MR) is 88.1 cm³/mol. The van der Waals surface area contributed by atoms with Crippen molar-refractivity contribution in [3.63, 3.8) is 0 Å². The number of hydrogen-bond acceptors (Lipinski definition) is 3. The molecule has 2 rings (SSSR count). The fourth-order valence-electron chi connectivity index (χ4n) is 1.97. The number of carbonyl (C=O) groups is 1. The topological polar surface area (TPSA) is 38.3 Å². The standard InChI is InChI=1S/C17H17F2NO2S/c1-2-14(22-12-8-4-3-5-9-12)16(21)20-13-10-6-7-11-15(13)23-17(18)19/h3-11,14,17H,2H2,1H3,(H,20,21)/t14-/m1/s1. The molecule has 0 spiro atoms. The highest BCUT2D eigenvalue weighted by Crippen LogP contribution is 2.31. The summed E-state index contributed by atoms with van der Waals surface area (Å²) in [6, 6.07) is 15.5. The van der Waals surface area contributed by atoms with E-state index in [1.165, 1.54) is 0 Å². The summed E-state index contributed by atoms with van der Waals surface area (Å²) in [4.78, 5) is 12.7. The van der Waals surface area contributed by atoms with Crippen molar-refractivity contribution in [2.45, 2.75) is 30.1 Å². The molecule has 6 heteroatoms. The van der Waals surface area contributed by atoms with Crippen LogP contribution in [0, 0.1) is 0 Å². The maximum atomic E-state index is 12.6. The number of benzene rings is 2. The molecule has 0 fully saturated rings. The van der Waals surface area contributed by atoms with Crippen LogP contribution in [0.2, 0.25) is 0 Å². The SMILES string of the molecule is CC[C@@H](Oc1ccccc1)C(=O)Nc1ccccc1SC(F)F. The molecule has 0 saturated heterocycles. The highest BCUT2D eigenvalue weighted by molar-refractivity contribution is 7.99. The van der Waals surface area contributed by atoms with Crippen LogP contribution in [0.4, 0.5) is 14.5 Å². The Kier molecular flexibility index (Phi) is 6.40. The average Bonchev–Trinajstić information content (AvgIpc) is 2.55. The fourth-order valence-corrected chi connectivity index (χ4v) is 2.56. The Labute approximate surface area is 138 Å². The van der Waals surface area contributed by atoms with Crippen molar-refractivity contribution < 1.29 is 18.3 Å². The minimum absolute atomic E-state index is 0.324. The fraction of sp³-hybridized carbons (Fsp3) is 0.235. The Morgan fingerprint density at radius 2 is 1.78 bits per heavy atom. The van der Waals surface area contributed by atoms with E-state index in [9.17, 15) is 13.6 Å². The monoisotopic (exact) mass is 337 g/mol. The number of carbonyl (C=O) groups excluding carboxylic acids is 1. The largest absolute Gasteiger partial charge is 0.481 e. The first-order valence-corrected chi connectivity index (χ1v) is 8.04. The molecule has 3 nitrogen and oxygen atoms in total. The van der Waals surface area contributed by atoms with Crippen LogP contribution in [0.15, 0.2) is 59.5 Å². The zero-order valence-corrected chi connectivity index (χ0v) is 13.4. The first-order chi connectivity index (χ1) is 11.1. The lowest BCUT2D eigenvalue weighted by Crippen LogP contribution is -2.32. The van der Waals surface area contributed by atoms with Crippen LogP contribution < -0.4 is 10.1 Å². The number of amides is 1. The van der Waals surface area contributed by atoms with E-state index < -0.39 is 11.9 Å². The van der Waals surface area contributed by atoms with Gasteiger partial charge in [0, 0.05) is 4.90 Å². The van der Waals surface area contributed by atoms with E-state index in [1.54, 1.807) is 36.4 Å². The second-order valence-corrected chi connectivity index (χ2v) is 5.72. The molecule has 122 valence electrons. The molecular formula is C17H17F2NO2S. The smallest absolute Gasteiger partial charge is 0.288 e. The molecule has 0 aliphatic carbocycles. The molecule has 0 aliphatic rings. The Balaban J connectivity index is 2.08. The van der Waals surface area contributed by atoms with Crippen LogP contribution in [0.3, 0.4) is 0 Å². The molecule has 0 aromatic heterocycles. The van der Waals surface area contributed by atoms with Gasteiger partial charge in [-0.05, 0) is 30.7 Å². The van der Waals surface area contributed by atoms with E-state index >= 15 is 0 Å². The molecule has 2 aromatic carbocycles. The van der Waals surface area contributed by atoms with Gasteiger partial charge in [0.1, 0.15) is 5.75 Å². The zero-order valence-electron chi connectivity index (χ0n) is 12.5. The van der Waals surface area contributed by atoms with Crippen LogP contribution in [0.25, 0.3) is 0 Å². The van der Waals surface area contributed by atoms with E-state index in [1.807, 2.05) is 25.1 Å². The Bertz CT molecular complexity index is 638. The van der Waals surface area contributed by atoms with Crippen LogP contribution >= 0.6 is 11.8 Å². The lowest BCUT2D eigenvalue weighted by Gasteiger charge is -2.18. The van der Waals surface area contributed by atoms with Crippen LogP contribution in [-0.2, 0) is 4.79 Å². The van der Waals surface area contributed by atoms with Crippen LogP contribution in [-0.4, -0.2) is 17.8 Å². The lowest BCUT2D eigenvalue weighted by molar-refractivity contribution is -0.122. The van der Waals surface area contributed by atoms with Crippen molar-refractivity contribution in [1.82, 2.24) is 0 Å². The highest BCUT2D eigenvalue weighted by atomic mass is 32.2. The molecular weight excluding hydrogens is 320 g/mol. The molecule has 0 aliphatic heterocycles. The molecule has 0 heterocycles. The molecule has 2 aromatic rings. The minimum atomic E-state index is -2.55. The zero-order chi connectivity index (χ0) is 16.7. The number of ether oxygens (including phenoxy) is 1. The van der Waals surface area contributed by atoms with Gasteiger partial charge in [-0.15, -0.1) is 0 Å². The molecule has 1 N–H and O–H groups in total. The van der Waals surface area contributed by atoms with E-state index in [2.05, 4.69) is 5.32 Å². The van der Waals surface area contributed by atoms with Crippen molar-refractivity contribution in [3.8, 4) is 5.75 Å². The summed E-state index contributed by atoms with van der Waals surface area (Å²) >= 11 is 0.401. The van der Waals surface area contributed by atoms with Gasteiger partial charge in [0.15, 0.2) is 6.10 Å². The number of rotatable bonds is 7. The number of nitrogens with one attached hydrogen (secondary N) is 1. The molecule has 0 radical (unpaired) electrons. The van der Waals surface area contributed by atoms with Gasteiger partial charge < -0.3 is 10.1 Å². The first kappa shape index (κ1) is 17.3. The van der Waals surface area contributed by atoms with Gasteiger partial charge in [-0.25, -0.2) is 0 Å². The number of thioether (sulfide) groups is 1. The van der Waals surface area contributed by atoms with Crippen molar-refractivity contribution in [2.75, 3.05) is 5.32 Å². The summed E-state index contributed by atoms with van der Waals surface area (Å²) in [6.07, 6.45) is -0.229. The van der Waals surface area contributed by atoms with Gasteiger partial charge in [0.05, 0.1) is 5.69 Å². The maximum Gasteiger partial charge on any atom is 0.288 e. The van der Waals surface area contributed by atoms with E-state index in [-0.39, 0.29) is 5.91 Å². The summed E-state index contributed by atoms with van der Waals surface area (Å²) in [6.45, 7) is 1.83. The summed E-state index contributed by atoms with van der Waals surface area (Å²) in [5, 5.41) is 2.67.